The van der Waals surface area contributed by atoms with Crippen LogP contribution in [0.5, 0.6) is 0 Å². The number of thiophene rings is 4. The summed E-state index contributed by atoms with van der Waals surface area (Å²) in [6.45, 7) is 4.60. The molecular formula is C54H64S4. The molecule has 58 heavy (non-hydrogen) atoms. The molecule has 0 amide bonds. The molecule has 0 aliphatic rings. The lowest BCUT2D eigenvalue weighted by atomic mass is 9.95. The van der Waals surface area contributed by atoms with Crippen LogP contribution in [0.4, 0.5) is 0 Å². The maximum Gasteiger partial charge on any atom is 0.0455 e. The molecule has 0 N–H and O–H groups in total. The van der Waals surface area contributed by atoms with E-state index in [2.05, 4.69) is 97.4 Å². The molecule has 0 aliphatic heterocycles. The van der Waals surface area contributed by atoms with Crippen molar-refractivity contribution in [1.82, 2.24) is 0 Å². The summed E-state index contributed by atoms with van der Waals surface area (Å²) in [5.74, 6) is 0. The quantitative estimate of drug-likeness (QED) is 0.0420. The van der Waals surface area contributed by atoms with E-state index < -0.39 is 0 Å². The molecule has 4 heterocycles. The van der Waals surface area contributed by atoms with Crippen LogP contribution in [0, 0.1) is 0 Å². The van der Waals surface area contributed by atoms with Crippen molar-refractivity contribution in [3.05, 3.63) is 94.7 Å². The van der Waals surface area contributed by atoms with Crippen molar-refractivity contribution in [1.29, 1.82) is 0 Å². The standard InChI is InChI=1S/C54H64S4/c1-3-5-7-9-11-13-15-17-19-21-23-39-33-51(55-37-39)53-35-47-45-27-25-42-41(43(45)29-31-49(47)57-53)26-28-46-44(42)30-32-50-48(46)36-54(58-50)52-34-40(38-56-52)24-22-20-18-16-14-12-10-8-6-4-2/h25-38H,3-24H2,1-2H3. The second-order valence-corrected chi connectivity index (χ2v) is 21.1. The molecule has 8 aromatic rings. The minimum Gasteiger partial charge on any atom is -0.143 e. The molecule has 304 valence electrons. The van der Waals surface area contributed by atoms with Crippen LogP contribution in [0.1, 0.15) is 153 Å². The summed E-state index contributed by atoms with van der Waals surface area (Å²) in [5, 5.41) is 15.8. The van der Waals surface area contributed by atoms with Gasteiger partial charge in [-0.15, -0.1) is 45.3 Å². The summed E-state index contributed by atoms with van der Waals surface area (Å²) in [5.41, 5.74) is 3.04. The Kier molecular flexibility index (Phi) is 15.1. The lowest BCUT2D eigenvalue weighted by Crippen LogP contribution is -1.84. The van der Waals surface area contributed by atoms with E-state index in [1.807, 2.05) is 45.3 Å². The normalized spacial score (nSPS) is 12.1. The smallest absolute Gasteiger partial charge is 0.0455 e. The second kappa shape index (κ2) is 21.0. The summed E-state index contributed by atoms with van der Waals surface area (Å²) in [6.07, 6.45) is 30.4. The first-order chi connectivity index (χ1) is 28.7. The van der Waals surface area contributed by atoms with Gasteiger partial charge in [0.05, 0.1) is 0 Å². The fourth-order valence-electron chi connectivity index (χ4n) is 9.23. The molecule has 8 rings (SSSR count). The Labute approximate surface area is 364 Å². The maximum atomic E-state index is 2.47. The van der Waals surface area contributed by atoms with Crippen LogP contribution in [0.2, 0.25) is 0 Å². The van der Waals surface area contributed by atoms with E-state index in [0.29, 0.717) is 0 Å². The second-order valence-electron chi connectivity index (χ2n) is 17.1. The zero-order valence-corrected chi connectivity index (χ0v) is 38.5. The van der Waals surface area contributed by atoms with Crippen molar-refractivity contribution in [3.63, 3.8) is 0 Å². The molecular weight excluding hydrogens is 777 g/mol. The van der Waals surface area contributed by atoms with Gasteiger partial charge in [-0.2, -0.15) is 0 Å². The number of hydrogen-bond acceptors (Lipinski definition) is 4. The minimum absolute atomic E-state index is 1.22. The first-order valence-electron chi connectivity index (χ1n) is 23.1. The molecule has 4 heteroatoms. The first-order valence-corrected chi connectivity index (χ1v) is 26.5. The van der Waals surface area contributed by atoms with Crippen LogP contribution in [-0.2, 0) is 12.8 Å². The number of unbranched alkanes of at least 4 members (excludes halogenated alkanes) is 18. The first kappa shape index (κ1) is 41.7. The number of hydrogen-bond donors (Lipinski definition) is 0. The van der Waals surface area contributed by atoms with Crippen molar-refractivity contribution in [2.75, 3.05) is 0 Å². The van der Waals surface area contributed by atoms with Crippen LogP contribution in [0.15, 0.2) is 83.6 Å². The predicted molar refractivity (Wildman–Crippen MR) is 267 cm³/mol. The summed E-state index contributed by atoms with van der Waals surface area (Å²) in [7, 11) is 0. The average Bonchev–Trinajstić information content (AvgIpc) is 4.08. The van der Waals surface area contributed by atoms with Crippen LogP contribution in [0.3, 0.4) is 0 Å². The molecule has 0 spiro atoms. The Bertz CT molecular complexity index is 2340. The fraction of sp³-hybridized carbons (Fsp3) is 0.444. The molecule has 0 saturated heterocycles. The topological polar surface area (TPSA) is 0 Å². The van der Waals surface area contributed by atoms with Gasteiger partial charge in [0.2, 0.25) is 0 Å². The summed E-state index contributed by atoms with van der Waals surface area (Å²) in [4.78, 5) is 5.67. The third-order valence-corrected chi connectivity index (χ3v) is 17.2. The largest absolute Gasteiger partial charge is 0.143 e. The number of rotatable bonds is 24. The van der Waals surface area contributed by atoms with Crippen molar-refractivity contribution < 1.29 is 0 Å². The Morgan fingerprint density at radius 2 is 0.621 bits per heavy atom. The number of aryl methyl sites for hydroxylation is 2. The third kappa shape index (κ3) is 10.1. The summed E-state index contributed by atoms with van der Waals surface area (Å²) >= 11 is 7.77. The van der Waals surface area contributed by atoms with Crippen LogP contribution in [0.25, 0.3) is 72.0 Å². The van der Waals surface area contributed by atoms with Crippen molar-refractivity contribution >= 4 is 97.8 Å². The highest BCUT2D eigenvalue weighted by Crippen LogP contribution is 2.44. The maximum absolute atomic E-state index is 2.47. The van der Waals surface area contributed by atoms with Gasteiger partial charge in [-0.25, -0.2) is 0 Å². The molecule has 0 bridgehead atoms. The van der Waals surface area contributed by atoms with Gasteiger partial charge in [0.15, 0.2) is 0 Å². The monoisotopic (exact) mass is 840 g/mol. The molecule has 0 unspecified atom stereocenters. The van der Waals surface area contributed by atoms with E-state index in [0.717, 1.165) is 0 Å². The van der Waals surface area contributed by atoms with Gasteiger partial charge >= 0.3 is 0 Å². The van der Waals surface area contributed by atoms with E-state index in [-0.39, 0.29) is 0 Å². The molecule has 0 nitrogen and oxygen atoms in total. The van der Waals surface area contributed by atoms with Crippen molar-refractivity contribution in [3.8, 4) is 19.5 Å². The Hall–Kier alpha value is -3.02. The molecule has 0 atom stereocenters. The van der Waals surface area contributed by atoms with Gasteiger partial charge in [-0.1, -0.05) is 166 Å². The SMILES string of the molecule is CCCCCCCCCCCCc1csc(-c2cc3c(ccc4c3ccc3c5ccc6sc(-c7cc(CCCCCCCCCCCC)cs7)cc6c5ccc43)s2)c1. The Balaban J connectivity index is 0.911. The Morgan fingerprint density at radius 3 is 0.983 bits per heavy atom. The van der Waals surface area contributed by atoms with E-state index in [9.17, 15) is 0 Å². The molecule has 0 aliphatic carbocycles. The molecule has 4 aromatic carbocycles. The summed E-state index contributed by atoms with van der Waals surface area (Å²) < 4.78 is 2.78. The van der Waals surface area contributed by atoms with Gasteiger partial charge in [0.1, 0.15) is 0 Å². The van der Waals surface area contributed by atoms with E-state index in [1.165, 1.54) is 224 Å². The average molecular weight is 841 g/mol. The van der Waals surface area contributed by atoms with Crippen LogP contribution in [-0.4, -0.2) is 0 Å². The van der Waals surface area contributed by atoms with Gasteiger partial charge in [-0.05, 0) is 116 Å². The third-order valence-electron chi connectivity index (χ3n) is 12.6. The van der Waals surface area contributed by atoms with Gasteiger partial charge < -0.3 is 0 Å². The van der Waals surface area contributed by atoms with Gasteiger partial charge in [-0.3, -0.25) is 0 Å². The number of fused-ring (bicyclic) bond motifs is 9. The van der Waals surface area contributed by atoms with Gasteiger partial charge in [0.25, 0.3) is 0 Å². The molecule has 0 fully saturated rings. The highest BCUT2D eigenvalue weighted by Gasteiger charge is 2.15. The highest BCUT2D eigenvalue weighted by molar-refractivity contribution is 7.26. The Morgan fingerprint density at radius 1 is 0.310 bits per heavy atom. The highest BCUT2D eigenvalue weighted by atomic mass is 32.1. The van der Waals surface area contributed by atoms with Crippen molar-refractivity contribution in [2.45, 2.75) is 155 Å². The van der Waals surface area contributed by atoms with E-state index >= 15 is 0 Å². The summed E-state index contributed by atoms with van der Waals surface area (Å²) in [6, 6.07) is 28.9. The van der Waals surface area contributed by atoms with Crippen LogP contribution >= 0.6 is 45.3 Å². The van der Waals surface area contributed by atoms with E-state index in [4.69, 9.17) is 0 Å². The predicted octanol–water partition coefficient (Wildman–Crippen LogP) is 20.0. The van der Waals surface area contributed by atoms with Crippen molar-refractivity contribution in [2.24, 2.45) is 0 Å². The van der Waals surface area contributed by atoms with Gasteiger partial charge in [0, 0.05) is 39.7 Å². The lowest BCUT2D eigenvalue weighted by Gasteiger charge is -2.09. The fourth-order valence-corrected chi connectivity index (χ4v) is 13.5. The zero-order chi connectivity index (χ0) is 39.5. The molecule has 4 aromatic heterocycles. The minimum atomic E-state index is 1.22. The molecule has 0 saturated carbocycles. The van der Waals surface area contributed by atoms with Crippen LogP contribution < -0.4 is 0 Å². The number of benzene rings is 4. The lowest BCUT2D eigenvalue weighted by molar-refractivity contribution is 0.556. The zero-order valence-electron chi connectivity index (χ0n) is 35.3. The molecule has 0 radical (unpaired) electrons. The van der Waals surface area contributed by atoms with E-state index in [1.54, 1.807) is 0 Å².